The van der Waals surface area contributed by atoms with Gasteiger partial charge < -0.3 is 15.5 Å². The lowest BCUT2D eigenvalue weighted by Gasteiger charge is -2.04. The maximum Gasteiger partial charge on any atom is 0.322 e. The number of aromatic amines is 1. The van der Waals surface area contributed by atoms with E-state index < -0.39 is 0 Å². The predicted octanol–water partition coefficient (Wildman–Crippen LogP) is 0.477. The fourth-order valence-corrected chi connectivity index (χ4v) is 1.85. The number of nitrogens with zero attached hydrogens (tertiary/aromatic N) is 4. The van der Waals surface area contributed by atoms with Gasteiger partial charge in [0.05, 0.1) is 6.61 Å². The molecule has 0 saturated carbocycles. The van der Waals surface area contributed by atoms with Crippen LogP contribution in [-0.2, 0) is 0 Å². The van der Waals surface area contributed by atoms with Gasteiger partial charge in [-0.2, -0.15) is 15.0 Å². The van der Waals surface area contributed by atoms with Gasteiger partial charge in [0.1, 0.15) is 0 Å². The van der Waals surface area contributed by atoms with Crippen LogP contribution in [0.2, 0.25) is 0 Å². The number of hydrogen-bond acceptors (Lipinski definition) is 8. The Balaban J connectivity index is 2.20. The number of nitrogen functional groups attached to an aromatic ring is 1. The molecule has 0 aliphatic carbocycles. The molecule has 0 aromatic carbocycles. The summed E-state index contributed by atoms with van der Waals surface area (Å²) in [6, 6.07) is 1.48. The average molecular weight is 280 g/mol. The number of H-pyrrole nitrogens is 1. The SMILES string of the molecule is CCCOc1nc(N)nc(Sc2nccc(=O)[nH]2)n1. The van der Waals surface area contributed by atoms with Crippen molar-refractivity contribution in [3.8, 4) is 6.01 Å². The first-order valence-corrected chi connectivity index (χ1v) is 6.36. The van der Waals surface area contributed by atoms with Crippen molar-refractivity contribution >= 4 is 17.7 Å². The molecule has 19 heavy (non-hydrogen) atoms. The molecule has 0 amide bonds. The molecule has 2 heterocycles. The minimum Gasteiger partial charge on any atom is -0.463 e. The second-order valence-electron chi connectivity index (χ2n) is 3.45. The van der Waals surface area contributed by atoms with Crippen molar-refractivity contribution in [2.24, 2.45) is 0 Å². The second-order valence-corrected chi connectivity index (χ2v) is 4.40. The van der Waals surface area contributed by atoms with Gasteiger partial charge >= 0.3 is 6.01 Å². The molecule has 2 rings (SSSR count). The van der Waals surface area contributed by atoms with Crippen LogP contribution in [0.4, 0.5) is 5.95 Å². The van der Waals surface area contributed by atoms with E-state index in [0.29, 0.717) is 16.9 Å². The van der Waals surface area contributed by atoms with Gasteiger partial charge in [-0.05, 0) is 18.2 Å². The van der Waals surface area contributed by atoms with Crippen molar-refractivity contribution in [2.45, 2.75) is 23.7 Å². The molecule has 0 aliphatic heterocycles. The maximum atomic E-state index is 11.1. The van der Waals surface area contributed by atoms with Gasteiger partial charge in [0.25, 0.3) is 5.56 Å². The lowest BCUT2D eigenvalue weighted by atomic mass is 10.5. The van der Waals surface area contributed by atoms with Crippen LogP contribution in [0.3, 0.4) is 0 Å². The van der Waals surface area contributed by atoms with E-state index in [1.807, 2.05) is 6.92 Å². The number of nitrogens with two attached hydrogens (primary N) is 1. The molecular formula is C10H12N6O2S. The summed E-state index contributed by atoms with van der Waals surface area (Å²) in [4.78, 5) is 29.6. The van der Waals surface area contributed by atoms with Crippen LogP contribution in [0.5, 0.6) is 6.01 Å². The molecule has 100 valence electrons. The molecule has 0 spiro atoms. The summed E-state index contributed by atoms with van der Waals surface area (Å²) in [6.07, 6.45) is 2.24. The summed E-state index contributed by atoms with van der Waals surface area (Å²) in [5, 5.41) is 0.687. The van der Waals surface area contributed by atoms with Crippen LogP contribution in [-0.4, -0.2) is 31.5 Å². The fourth-order valence-electron chi connectivity index (χ4n) is 1.15. The summed E-state index contributed by atoms with van der Waals surface area (Å²) in [5.41, 5.74) is 5.32. The monoisotopic (exact) mass is 280 g/mol. The van der Waals surface area contributed by atoms with Gasteiger partial charge in [-0.15, -0.1) is 0 Å². The minimum absolute atomic E-state index is 0.0573. The van der Waals surface area contributed by atoms with Crippen LogP contribution in [0.15, 0.2) is 27.4 Å². The van der Waals surface area contributed by atoms with Crippen LogP contribution in [0.25, 0.3) is 0 Å². The molecule has 2 aromatic rings. The highest BCUT2D eigenvalue weighted by molar-refractivity contribution is 7.99. The molecule has 0 bridgehead atoms. The molecule has 2 aromatic heterocycles. The van der Waals surface area contributed by atoms with Gasteiger partial charge in [0.15, 0.2) is 5.16 Å². The first kappa shape index (κ1) is 13.3. The summed E-state index contributed by atoms with van der Waals surface area (Å²) < 4.78 is 5.29. The average Bonchev–Trinajstić information content (AvgIpc) is 2.35. The van der Waals surface area contributed by atoms with Gasteiger partial charge in [0, 0.05) is 12.3 Å². The Morgan fingerprint density at radius 2 is 2.26 bits per heavy atom. The highest BCUT2D eigenvalue weighted by Crippen LogP contribution is 2.21. The number of hydrogen-bond donors (Lipinski definition) is 2. The van der Waals surface area contributed by atoms with Crippen molar-refractivity contribution in [1.29, 1.82) is 0 Å². The van der Waals surface area contributed by atoms with Gasteiger partial charge in [-0.25, -0.2) is 4.98 Å². The van der Waals surface area contributed by atoms with Crippen molar-refractivity contribution in [1.82, 2.24) is 24.9 Å². The van der Waals surface area contributed by atoms with Crippen molar-refractivity contribution < 1.29 is 4.74 Å². The molecule has 8 nitrogen and oxygen atoms in total. The number of nitrogens with one attached hydrogen (secondary N) is 1. The topological polar surface area (TPSA) is 120 Å². The second kappa shape index (κ2) is 6.14. The van der Waals surface area contributed by atoms with Crippen molar-refractivity contribution in [3.05, 3.63) is 22.6 Å². The smallest absolute Gasteiger partial charge is 0.322 e. The molecule has 0 saturated heterocycles. The maximum absolute atomic E-state index is 11.1. The van der Waals surface area contributed by atoms with Gasteiger partial charge in [-0.3, -0.25) is 4.79 Å². The third-order valence-corrected chi connectivity index (χ3v) is 2.65. The standard InChI is InChI=1S/C10H12N6O2S/c1-2-5-18-8-14-7(11)15-10(16-8)19-9-12-4-3-6(17)13-9/h3-4H,2,5H2,1H3,(H,12,13,17)(H2,11,14,15,16). The highest BCUT2D eigenvalue weighted by atomic mass is 32.2. The zero-order valence-corrected chi connectivity index (χ0v) is 11.0. The first-order chi connectivity index (χ1) is 9.17. The van der Waals surface area contributed by atoms with E-state index in [1.165, 1.54) is 12.3 Å². The Hall–Kier alpha value is -2.16. The van der Waals surface area contributed by atoms with E-state index in [4.69, 9.17) is 10.5 Å². The summed E-state index contributed by atoms with van der Waals surface area (Å²) >= 11 is 1.07. The molecule has 0 fully saturated rings. The van der Waals surface area contributed by atoms with E-state index >= 15 is 0 Å². The van der Waals surface area contributed by atoms with E-state index in [-0.39, 0.29) is 17.5 Å². The van der Waals surface area contributed by atoms with E-state index in [1.54, 1.807) is 0 Å². The van der Waals surface area contributed by atoms with E-state index in [0.717, 1.165) is 18.2 Å². The third-order valence-electron chi connectivity index (χ3n) is 1.88. The first-order valence-electron chi connectivity index (χ1n) is 5.55. The van der Waals surface area contributed by atoms with Crippen LogP contribution in [0, 0.1) is 0 Å². The Morgan fingerprint density at radius 1 is 1.42 bits per heavy atom. The molecule has 0 unspecified atom stereocenters. The molecule has 0 radical (unpaired) electrons. The summed E-state index contributed by atoms with van der Waals surface area (Å²) in [6.45, 7) is 2.47. The Labute approximate surface area is 112 Å². The lowest BCUT2D eigenvalue weighted by Crippen LogP contribution is -2.07. The Morgan fingerprint density at radius 3 is 3.00 bits per heavy atom. The quantitative estimate of drug-likeness (QED) is 0.759. The molecule has 0 aliphatic rings. The Bertz CT molecular complexity index is 617. The molecular weight excluding hydrogens is 268 g/mol. The fraction of sp³-hybridized carbons (Fsp3) is 0.300. The molecule has 9 heteroatoms. The summed E-state index contributed by atoms with van der Waals surface area (Å²) in [7, 11) is 0. The largest absolute Gasteiger partial charge is 0.463 e. The van der Waals surface area contributed by atoms with E-state index in [2.05, 4.69) is 24.9 Å². The number of ether oxygens (including phenoxy) is 1. The third kappa shape index (κ3) is 3.91. The normalized spacial score (nSPS) is 10.4. The van der Waals surface area contributed by atoms with E-state index in [9.17, 15) is 4.79 Å². The summed E-state index contributed by atoms with van der Waals surface area (Å²) in [5.74, 6) is 0.0573. The van der Waals surface area contributed by atoms with Crippen molar-refractivity contribution in [2.75, 3.05) is 12.3 Å². The van der Waals surface area contributed by atoms with Crippen LogP contribution in [0.1, 0.15) is 13.3 Å². The zero-order valence-electron chi connectivity index (χ0n) is 10.2. The van der Waals surface area contributed by atoms with Crippen LogP contribution >= 0.6 is 11.8 Å². The molecule has 0 atom stereocenters. The van der Waals surface area contributed by atoms with Crippen molar-refractivity contribution in [3.63, 3.8) is 0 Å². The molecule has 3 N–H and O–H groups in total. The zero-order chi connectivity index (χ0) is 13.7. The predicted molar refractivity (Wildman–Crippen MR) is 69.0 cm³/mol. The minimum atomic E-state index is -0.248. The van der Waals surface area contributed by atoms with Crippen LogP contribution < -0.4 is 16.0 Å². The number of rotatable bonds is 5. The number of anilines is 1. The highest BCUT2D eigenvalue weighted by Gasteiger charge is 2.08. The van der Waals surface area contributed by atoms with Gasteiger partial charge in [0.2, 0.25) is 11.1 Å². The van der Waals surface area contributed by atoms with Gasteiger partial charge in [-0.1, -0.05) is 6.92 Å². The lowest BCUT2D eigenvalue weighted by molar-refractivity contribution is 0.288. The number of aromatic nitrogens is 5. The Kier molecular flexibility index (Phi) is 4.29.